The van der Waals surface area contributed by atoms with Crippen LogP contribution in [0.3, 0.4) is 0 Å². The third-order valence-corrected chi connectivity index (χ3v) is 3.06. The number of hydrogen-bond donors (Lipinski definition) is 3. The lowest BCUT2D eigenvalue weighted by molar-refractivity contribution is -0.384. The van der Waals surface area contributed by atoms with Gasteiger partial charge in [-0.2, -0.15) is 0 Å². The van der Waals surface area contributed by atoms with Gasteiger partial charge in [-0.05, 0) is 33.3 Å². The van der Waals surface area contributed by atoms with E-state index in [1.165, 1.54) is 12.1 Å². The summed E-state index contributed by atoms with van der Waals surface area (Å²) in [6.45, 7) is 12.4. The van der Waals surface area contributed by atoms with E-state index in [1.54, 1.807) is 12.1 Å². The fourth-order valence-electron chi connectivity index (χ4n) is 1.93. The van der Waals surface area contributed by atoms with E-state index >= 15 is 0 Å². The molecule has 0 aliphatic rings. The number of carbonyl (C=O) groups excluding carboxylic acids is 1. The van der Waals surface area contributed by atoms with Crippen molar-refractivity contribution in [1.82, 2.24) is 16.0 Å². The Morgan fingerprint density at radius 1 is 1.19 bits per heavy atom. The quantitative estimate of drug-likeness (QED) is 0.227. The Bertz CT molecular complexity index is 675. The molecule has 142 valence electrons. The van der Waals surface area contributed by atoms with E-state index in [4.69, 9.17) is 0 Å². The van der Waals surface area contributed by atoms with E-state index in [0.29, 0.717) is 19.0 Å². The minimum absolute atomic E-state index is 0.0373. The van der Waals surface area contributed by atoms with E-state index in [0.717, 1.165) is 11.1 Å². The van der Waals surface area contributed by atoms with Crippen molar-refractivity contribution >= 4 is 17.6 Å². The second-order valence-corrected chi connectivity index (χ2v) is 7.05. The van der Waals surface area contributed by atoms with Crippen molar-refractivity contribution in [1.29, 1.82) is 0 Å². The highest BCUT2D eigenvalue weighted by Crippen LogP contribution is 2.12. The van der Waals surface area contributed by atoms with Crippen LogP contribution in [0.4, 0.5) is 5.69 Å². The van der Waals surface area contributed by atoms with Gasteiger partial charge >= 0.3 is 0 Å². The van der Waals surface area contributed by atoms with Crippen molar-refractivity contribution in [3.05, 3.63) is 52.1 Å². The first-order valence-electron chi connectivity index (χ1n) is 8.28. The van der Waals surface area contributed by atoms with E-state index in [-0.39, 0.29) is 23.7 Å². The summed E-state index contributed by atoms with van der Waals surface area (Å²) in [6, 6.07) is 6.20. The molecule has 3 N–H and O–H groups in total. The zero-order chi connectivity index (χ0) is 19.7. The molecule has 8 nitrogen and oxygen atoms in total. The Morgan fingerprint density at radius 3 is 2.27 bits per heavy atom. The van der Waals surface area contributed by atoms with Crippen LogP contribution >= 0.6 is 0 Å². The van der Waals surface area contributed by atoms with Crippen LogP contribution in [0.25, 0.3) is 0 Å². The molecule has 1 aromatic carbocycles. The van der Waals surface area contributed by atoms with Gasteiger partial charge in [0.15, 0.2) is 5.96 Å². The van der Waals surface area contributed by atoms with Crippen molar-refractivity contribution in [3.63, 3.8) is 0 Å². The van der Waals surface area contributed by atoms with E-state index in [1.807, 2.05) is 27.7 Å². The number of amides is 1. The van der Waals surface area contributed by atoms with E-state index in [2.05, 4.69) is 27.5 Å². The molecule has 0 atom stereocenters. The van der Waals surface area contributed by atoms with E-state index < -0.39 is 4.92 Å². The molecule has 1 aromatic rings. The molecule has 1 rings (SSSR count). The summed E-state index contributed by atoms with van der Waals surface area (Å²) in [6.07, 6.45) is 0. The maximum atomic E-state index is 11.9. The number of nitrogens with zero attached hydrogens (tertiary/aromatic N) is 2. The summed E-state index contributed by atoms with van der Waals surface area (Å²) in [4.78, 5) is 26.6. The van der Waals surface area contributed by atoms with Crippen molar-refractivity contribution in [2.75, 3.05) is 13.1 Å². The zero-order valence-corrected chi connectivity index (χ0v) is 15.8. The number of hydrogen-bond acceptors (Lipinski definition) is 4. The lowest BCUT2D eigenvalue weighted by atomic mass is 10.1. The second-order valence-electron chi connectivity index (χ2n) is 7.05. The molecular weight excluding hydrogens is 334 g/mol. The summed E-state index contributed by atoms with van der Waals surface area (Å²) in [5.74, 6) is 0.327. The molecule has 1 amide bonds. The number of rotatable bonds is 7. The van der Waals surface area contributed by atoms with Crippen LogP contribution in [0.2, 0.25) is 0 Å². The maximum Gasteiger partial charge on any atom is 0.269 e. The van der Waals surface area contributed by atoms with Crippen LogP contribution in [0.15, 0.2) is 41.4 Å². The molecule has 0 aliphatic carbocycles. The normalized spacial score (nSPS) is 11.6. The monoisotopic (exact) mass is 361 g/mol. The highest BCUT2D eigenvalue weighted by atomic mass is 16.6. The Balaban J connectivity index is 2.71. The first-order valence-corrected chi connectivity index (χ1v) is 8.28. The van der Waals surface area contributed by atoms with Gasteiger partial charge < -0.3 is 16.0 Å². The lowest BCUT2D eigenvalue weighted by Crippen LogP contribution is -2.48. The summed E-state index contributed by atoms with van der Waals surface area (Å²) in [5, 5.41) is 19.6. The minimum Gasteiger partial charge on any atom is -0.353 e. The number of nitrogens with one attached hydrogen (secondary N) is 3. The summed E-state index contributed by atoms with van der Waals surface area (Å²) in [7, 11) is 0. The highest BCUT2D eigenvalue weighted by Gasteiger charge is 2.13. The largest absolute Gasteiger partial charge is 0.353 e. The fraction of sp³-hybridized carbons (Fsp3) is 0.444. The van der Waals surface area contributed by atoms with Gasteiger partial charge in [0.2, 0.25) is 5.91 Å². The van der Waals surface area contributed by atoms with Crippen molar-refractivity contribution < 1.29 is 9.72 Å². The molecule has 0 aliphatic heterocycles. The number of non-ortho nitro benzene ring substituents is 1. The van der Waals surface area contributed by atoms with Crippen LogP contribution in [-0.4, -0.2) is 35.4 Å². The average Bonchev–Trinajstić information content (AvgIpc) is 2.52. The number of aliphatic imine (C=N–C) groups is 1. The average molecular weight is 361 g/mol. The first kappa shape index (κ1) is 21.1. The molecule has 0 radical (unpaired) electrons. The van der Waals surface area contributed by atoms with Gasteiger partial charge in [0.1, 0.15) is 0 Å². The molecule has 0 saturated carbocycles. The summed E-state index contributed by atoms with van der Waals surface area (Å²) in [5.41, 5.74) is 1.48. The van der Waals surface area contributed by atoms with Crippen LogP contribution in [0, 0.1) is 10.1 Å². The predicted octanol–water partition coefficient (Wildman–Crippen LogP) is 2.12. The topological polar surface area (TPSA) is 109 Å². The number of guanidine groups is 1. The standard InChI is InChI=1S/C18H27N5O3/c1-13(2)10-19-17(21-12-16(24)22-18(3,4)5)20-11-14-6-8-15(9-7-14)23(25)26/h6-9H,1,10-12H2,2-5H3,(H,22,24)(H2,19,20,21). The Kier molecular flexibility index (Phi) is 7.77. The Hall–Kier alpha value is -2.90. The van der Waals surface area contributed by atoms with Gasteiger partial charge in [-0.15, -0.1) is 0 Å². The molecule has 0 saturated heterocycles. The Morgan fingerprint density at radius 2 is 1.77 bits per heavy atom. The van der Waals surface area contributed by atoms with Crippen molar-refractivity contribution in [3.8, 4) is 0 Å². The number of nitro benzene ring substituents is 1. The van der Waals surface area contributed by atoms with Gasteiger partial charge in [0.05, 0.1) is 18.0 Å². The molecule has 26 heavy (non-hydrogen) atoms. The maximum absolute atomic E-state index is 11.9. The van der Waals surface area contributed by atoms with E-state index in [9.17, 15) is 14.9 Å². The number of nitro groups is 1. The molecule has 0 fully saturated rings. The second kappa shape index (κ2) is 9.55. The van der Waals surface area contributed by atoms with Crippen molar-refractivity contribution in [2.45, 2.75) is 39.8 Å². The highest BCUT2D eigenvalue weighted by molar-refractivity contribution is 5.86. The number of benzene rings is 1. The molecule has 0 heterocycles. The predicted molar refractivity (Wildman–Crippen MR) is 103 cm³/mol. The molecule has 0 aromatic heterocycles. The zero-order valence-electron chi connectivity index (χ0n) is 15.8. The van der Waals surface area contributed by atoms with Crippen LogP contribution in [-0.2, 0) is 11.3 Å². The van der Waals surface area contributed by atoms with Crippen LogP contribution in [0.1, 0.15) is 33.3 Å². The van der Waals surface area contributed by atoms with Crippen LogP contribution < -0.4 is 16.0 Å². The smallest absolute Gasteiger partial charge is 0.269 e. The van der Waals surface area contributed by atoms with Gasteiger partial charge in [-0.3, -0.25) is 14.9 Å². The fourth-order valence-corrected chi connectivity index (χ4v) is 1.93. The summed E-state index contributed by atoms with van der Waals surface area (Å²) < 4.78 is 0. The van der Waals surface area contributed by atoms with Gasteiger partial charge in [-0.25, -0.2) is 4.99 Å². The number of carbonyl (C=O) groups is 1. The van der Waals surface area contributed by atoms with Crippen LogP contribution in [0.5, 0.6) is 0 Å². The van der Waals surface area contributed by atoms with Gasteiger partial charge in [0.25, 0.3) is 5.69 Å². The minimum atomic E-state index is -0.442. The van der Waals surface area contributed by atoms with Crippen molar-refractivity contribution in [2.24, 2.45) is 4.99 Å². The SMILES string of the molecule is C=C(C)CNC(=NCc1ccc([N+](=O)[O-])cc1)NCC(=O)NC(C)(C)C. The molecule has 0 unspecified atom stereocenters. The molecule has 0 spiro atoms. The third-order valence-electron chi connectivity index (χ3n) is 3.06. The Labute approximate surface area is 153 Å². The lowest BCUT2D eigenvalue weighted by Gasteiger charge is -2.21. The first-order chi connectivity index (χ1) is 12.1. The molecular formula is C18H27N5O3. The molecule has 0 bridgehead atoms. The molecule has 8 heteroatoms. The van der Waals surface area contributed by atoms with Gasteiger partial charge in [0, 0.05) is 24.2 Å². The third kappa shape index (κ3) is 8.81. The summed E-state index contributed by atoms with van der Waals surface area (Å²) >= 11 is 0. The van der Waals surface area contributed by atoms with Gasteiger partial charge in [-0.1, -0.05) is 24.3 Å².